The summed E-state index contributed by atoms with van der Waals surface area (Å²) in [6.07, 6.45) is 1.67. The summed E-state index contributed by atoms with van der Waals surface area (Å²) in [6, 6.07) is 8.59. The minimum absolute atomic E-state index is 0.279. The van der Waals surface area contributed by atoms with E-state index in [1.807, 2.05) is 29.9 Å². The van der Waals surface area contributed by atoms with Crippen LogP contribution < -0.4 is 10.1 Å². The van der Waals surface area contributed by atoms with Gasteiger partial charge in [-0.25, -0.2) is 0 Å². The molecule has 1 amide bonds. The van der Waals surface area contributed by atoms with E-state index in [9.17, 15) is 9.90 Å². The number of aliphatic hydroxyl groups is 1. The van der Waals surface area contributed by atoms with Gasteiger partial charge in [0.2, 0.25) is 0 Å². The van der Waals surface area contributed by atoms with Gasteiger partial charge in [-0.05, 0) is 36.8 Å². The molecule has 1 unspecified atom stereocenters. The van der Waals surface area contributed by atoms with Crippen LogP contribution in [0, 0.1) is 0 Å². The lowest BCUT2D eigenvalue weighted by Crippen LogP contribution is -2.26. The summed E-state index contributed by atoms with van der Waals surface area (Å²) in [6.45, 7) is 0.348. The van der Waals surface area contributed by atoms with Crippen molar-refractivity contribution in [3.63, 3.8) is 0 Å². The largest absolute Gasteiger partial charge is 0.496 e. The monoisotopic (exact) mass is 322 g/mol. The van der Waals surface area contributed by atoms with Crippen LogP contribution in [0.4, 0.5) is 0 Å². The van der Waals surface area contributed by atoms with Gasteiger partial charge >= 0.3 is 0 Å². The topological polar surface area (TPSA) is 63.5 Å². The smallest absolute Gasteiger partial charge is 0.255 e. The lowest BCUT2D eigenvalue weighted by atomic mass is 10.1. The number of aromatic nitrogens is 1. The quantitative estimate of drug-likeness (QED) is 0.859. The number of amides is 1. The molecule has 0 fully saturated rings. The number of carbonyl (C=O) groups is 1. The van der Waals surface area contributed by atoms with Crippen molar-refractivity contribution in [2.24, 2.45) is 7.05 Å². The molecular formula is C16H19ClN2O3. The van der Waals surface area contributed by atoms with Crippen molar-refractivity contribution in [3.05, 3.63) is 52.8 Å². The first kappa shape index (κ1) is 16.4. The van der Waals surface area contributed by atoms with Gasteiger partial charge in [-0.2, -0.15) is 0 Å². The molecule has 22 heavy (non-hydrogen) atoms. The van der Waals surface area contributed by atoms with Crippen molar-refractivity contribution in [1.82, 2.24) is 9.88 Å². The van der Waals surface area contributed by atoms with E-state index in [-0.39, 0.29) is 5.91 Å². The third-order valence-electron chi connectivity index (χ3n) is 3.43. The number of carbonyl (C=O) groups excluding carboxylic acids is 1. The highest BCUT2D eigenvalue weighted by Crippen LogP contribution is 2.22. The third-order valence-corrected chi connectivity index (χ3v) is 3.67. The van der Waals surface area contributed by atoms with Crippen molar-refractivity contribution in [2.45, 2.75) is 12.5 Å². The number of aryl methyl sites for hydroxylation is 1. The summed E-state index contributed by atoms with van der Waals surface area (Å²) < 4.78 is 7.00. The Hall–Kier alpha value is -1.98. The molecule has 1 heterocycles. The normalized spacial score (nSPS) is 12.0. The van der Waals surface area contributed by atoms with Gasteiger partial charge in [0.25, 0.3) is 5.91 Å². The van der Waals surface area contributed by atoms with E-state index >= 15 is 0 Å². The molecule has 0 bridgehead atoms. The molecule has 1 aromatic heterocycles. The minimum Gasteiger partial charge on any atom is -0.496 e. The molecule has 0 aliphatic heterocycles. The molecule has 2 aromatic rings. The van der Waals surface area contributed by atoms with Crippen LogP contribution in [0.1, 0.15) is 28.6 Å². The van der Waals surface area contributed by atoms with Gasteiger partial charge < -0.3 is 19.7 Å². The standard InChI is InChI=1S/C16H19ClN2O3/c1-19-9-3-4-13(19)14(20)7-8-18-16(21)12-10-11(17)5-6-15(12)22-2/h3-6,9-10,14,20H,7-8H2,1-2H3,(H,18,21). The Bertz CT molecular complexity index is 655. The summed E-state index contributed by atoms with van der Waals surface area (Å²) >= 11 is 5.91. The highest BCUT2D eigenvalue weighted by atomic mass is 35.5. The van der Waals surface area contributed by atoms with Crippen molar-refractivity contribution < 1.29 is 14.6 Å². The molecule has 0 aliphatic rings. The Labute approximate surface area is 134 Å². The van der Waals surface area contributed by atoms with E-state index in [2.05, 4.69) is 5.32 Å². The molecule has 2 rings (SSSR count). The third kappa shape index (κ3) is 3.81. The Morgan fingerprint density at radius 3 is 2.86 bits per heavy atom. The van der Waals surface area contributed by atoms with Gasteiger partial charge in [-0.1, -0.05) is 11.6 Å². The maximum atomic E-state index is 12.2. The van der Waals surface area contributed by atoms with Crippen molar-refractivity contribution in [3.8, 4) is 5.75 Å². The number of aliphatic hydroxyl groups excluding tert-OH is 1. The van der Waals surface area contributed by atoms with Crippen LogP contribution in [0.15, 0.2) is 36.5 Å². The molecule has 5 nitrogen and oxygen atoms in total. The van der Waals surface area contributed by atoms with Crippen molar-refractivity contribution in [1.29, 1.82) is 0 Å². The van der Waals surface area contributed by atoms with E-state index in [4.69, 9.17) is 16.3 Å². The Balaban J connectivity index is 1.93. The summed E-state index contributed by atoms with van der Waals surface area (Å²) in [5.74, 6) is 0.184. The van der Waals surface area contributed by atoms with Crippen LogP contribution in [0.2, 0.25) is 5.02 Å². The van der Waals surface area contributed by atoms with Crippen LogP contribution in [-0.2, 0) is 7.05 Å². The molecule has 1 aromatic carbocycles. The molecule has 1 atom stereocenters. The van der Waals surface area contributed by atoms with Crippen molar-refractivity contribution in [2.75, 3.05) is 13.7 Å². The number of halogens is 1. The van der Waals surface area contributed by atoms with E-state index in [1.165, 1.54) is 7.11 Å². The second-order valence-corrected chi connectivity index (χ2v) is 5.39. The lowest BCUT2D eigenvalue weighted by Gasteiger charge is -2.13. The fourth-order valence-electron chi connectivity index (χ4n) is 2.24. The number of hydrogen-bond acceptors (Lipinski definition) is 3. The first-order valence-electron chi connectivity index (χ1n) is 6.94. The average molecular weight is 323 g/mol. The minimum atomic E-state index is -0.624. The maximum Gasteiger partial charge on any atom is 0.255 e. The lowest BCUT2D eigenvalue weighted by molar-refractivity contribution is 0.0938. The summed E-state index contributed by atoms with van der Waals surface area (Å²) in [5.41, 5.74) is 1.19. The fourth-order valence-corrected chi connectivity index (χ4v) is 2.42. The molecule has 0 aliphatic carbocycles. The van der Waals surface area contributed by atoms with E-state index < -0.39 is 6.10 Å². The molecule has 6 heteroatoms. The zero-order valence-corrected chi connectivity index (χ0v) is 13.3. The van der Waals surface area contributed by atoms with E-state index in [0.717, 1.165) is 5.69 Å². The molecule has 0 saturated heterocycles. The van der Waals surface area contributed by atoms with Gasteiger partial charge in [0.15, 0.2) is 0 Å². The first-order chi connectivity index (χ1) is 10.5. The van der Waals surface area contributed by atoms with Gasteiger partial charge in [0, 0.05) is 30.5 Å². The summed E-state index contributed by atoms with van der Waals surface area (Å²) in [7, 11) is 3.37. The van der Waals surface area contributed by atoms with Crippen LogP contribution in [0.3, 0.4) is 0 Å². The molecule has 118 valence electrons. The molecule has 0 radical (unpaired) electrons. The number of nitrogens with one attached hydrogen (secondary N) is 1. The number of benzene rings is 1. The predicted molar refractivity (Wildman–Crippen MR) is 85.3 cm³/mol. The van der Waals surface area contributed by atoms with Crippen LogP contribution in [0.25, 0.3) is 0 Å². The van der Waals surface area contributed by atoms with E-state index in [0.29, 0.717) is 29.3 Å². The Morgan fingerprint density at radius 1 is 1.45 bits per heavy atom. The van der Waals surface area contributed by atoms with E-state index in [1.54, 1.807) is 18.2 Å². The molecule has 0 saturated carbocycles. The van der Waals surface area contributed by atoms with Crippen LogP contribution >= 0.6 is 11.6 Å². The zero-order valence-electron chi connectivity index (χ0n) is 12.5. The maximum absolute atomic E-state index is 12.2. The number of methoxy groups -OCH3 is 1. The number of hydrogen-bond donors (Lipinski definition) is 2. The number of nitrogens with zero attached hydrogens (tertiary/aromatic N) is 1. The second kappa shape index (κ2) is 7.33. The fraction of sp³-hybridized carbons (Fsp3) is 0.312. The van der Waals surface area contributed by atoms with Gasteiger partial charge in [-0.15, -0.1) is 0 Å². The molecule has 0 spiro atoms. The highest BCUT2D eigenvalue weighted by molar-refractivity contribution is 6.31. The molecular weight excluding hydrogens is 304 g/mol. The Morgan fingerprint density at radius 2 is 2.23 bits per heavy atom. The predicted octanol–water partition coefficient (Wildman–Crippen LogP) is 2.54. The average Bonchev–Trinajstić information content (AvgIpc) is 2.93. The Kier molecular flexibility index (Phi) is 5.46. The highest BCUT2D eigenvalue weighted by Gasteiger charge is 2.14. The summed E-state index contributed by atoms with van der Waals surface area (Å²) in [4.78, 5) is 12.2. The van der Waals surface area contributed by atoms with Gasteiger partial charge in [-0.3, -0.25) is 4.79 Å². The van der Waals surface area contributed by atoms with Gasteiger partial charge in [0.1, 0.15) is 5.75 Å². The molecule has 2 N–H and O–H groups in total. The zero-order chi connectivity index (χ0) is 16.1. The van der Waals surface area contributed by atoms with Crippen LogP contribution in [-0.4, -0.2) is 29.2 Å². The van der Waals surface area contributed by atoms with Crippen LogP contribution in [0.5, 0.6) is 5.75 Å². The van der Waals surface area contributed by atoms with Gasteiger partial charge in [0.05, 0.1) is 18.8 Å². The first-order valence-corrected chi connectivity index (χ1v) is 7.31. The second-order valence-electron chi connectivity index (χ2n) is 4.95. The van der Waals surface area contributed by atoms with Crippen molar-refractivity contribution >= 4 is 17.5 Å². The SMILES string of the molecule is COc1ccc(Cl)cc1C(=O)NCCC(O)c1cccn1C. The summed E-state index contributed by atoms with van der Waals surface area (Å²) in [5, 5.41) is 13.3. The number of rotatable bonds is 6. The number of ether oxygens (including phenoxy) is 1.